The maximum absolute atomic E-state index is 11.5. The molecule has 0 saturated carbocycles. The summed E-state index contributed by atoms with van der Waals surface area (Å²) in [7, 11) is 0. The van der Waals surface area contributed by atoms with Gasteiger partial charge in [-0.3, -0.25) is 0 Å². The molecule has 0 aromatic heterocycles. The highest BCUT2D eigenvalue weighted by Crippen LogP contribution is 2.12. The predicted octanol–water partition coefficient (Wildman–Crippen LogP) is 2.53. The van der Waals surface area contributed by atoms with E-state index in [-0.39, 0.29) is 5.97 Å². The predicted molar refractivity (Wildman–Crippen MR) is 60.8 cm³/mol. The van der Waals surface area contributed by atoms with E-state index in [0.29, 0.717) is 17.9 Å². The zero-order chi connectivity index (χ0) is 11.3. The molecule has 0 aliphatic rings. The number of aryl methyl sites for hydroxylation is 1. The summed E-state index contributed by atoms with van der Waals surface area (Å²) in [4.78, 5) is 11.5. The molecule has 0 unspecified atom stereocenters. The van der Waals surface area contributed by atoms with E-state index in [9.17, 15) is 4.79 Å². The summed E-state index contributed by atoms with van der Waals surface area (Å²) >= 11 is 0. The van der Waals surface area contributed by atoms with Gasteiger partial charge in [-0.1, -0.05) is 13.3 Å². The second-order valence-corrected chi connectivity index (χ2v) is 3.62. The second kappa shape index (κ2) is 5.39. The van der Waals surface area contributed by atoms with Gasteiger partial charge in [0.05, 0.1) is 12.2 Å². The summed E-state index contributed by atoms with van der Waals surface area (Å²) in [6.45, 7) is 4.43. The number of carbonyl (C=O) groups is 1. The van der Waals surface area contributed by atoms with Gasteiger partial charge in [0.25, 0.3) is 0 Å². The van der Waals surface area contributed by atoms with Gasteiger partial charge in [0.15, 0.2) is 0 Å². The minimum atomic E-state index is -0.293. The first-order valence-electron chi connectivity index (χ1n) is 5.17. The Bertz CT molecular complexity index is 327. The van der Waals surface area contributed by atoms with Crippen LogP contribution >= 0.6 is 0 Å². The van der Waals surface area contributed by atoms with Crippen LogP contribution in [0.3, 0.4) is 0 Å². The van der Waals surface area contributed by atoms with Crippen molar-refractivity contribution in [2.45, 2.75) is 26.7 Å². The van der Waals surface area contributed by atoms with Crippen molar-refractivity contribution in [2.24, 2.45) is 0 Å². The summed E-state index contributed by atoms with van der Waals surface area (Å²) in [5.41, 5.74) is 7.74. The molecule has 1 rings (SSSR count). The number of hydrogen-bond acceptors (Lipinski definition) is 3. The van der Waals surface area contributed by atoms with Crippen LogP contribution in [0.4, 0.5) is 5.69 Å². The van der Waals surface area contributed by atoms with Crippen LogP contribution in [-0.4, -0.2) is 12.6 Å². The molecule has 0 spiro atoms. The van der Waals surface area contributed by atoms with E-state index in [1.807, 2.05) is 13.0 Å². The average Bonchev–Trinajstić information content (AvgIpc) is 2.16. The van der Waals surface area contributed by atoms with E-state index in [1.54, 1.807) is 12.1 Å². The maximum atomic E-state index is 11.5. The second-order valence-electron chi connectivity index (χ2n) is 3.62. The standard InChI is InChI=1S/C12H17NO2/c1-3-4-5-15-12(14)10-6-9(2)7-11(13)8-10/h6-8H,3-5,13H2,1-2H3. The molecule has 0 bridgehead atoms. The summed E-state index contributed by atoms with van der Waals surface area (Å²) in [5, 5.41) is 0. The lowest BCUT2D eigenvalue weighted by Crippen LogP contribution is -2.07. The third kappa shape index (κ3) is 3.62. The van der Waals surface area contributed by atoms with Crippen molar-refractivity contribution in [2.75, 3.05) is 12.3 Å². The fourth-order valence-corrected chi connectivity index (χ4v) is 1.32. The average molecular weight is 207 g/mol. The first kappa shape index (κ1) is 11.6. The smallest absolute Gasteiger partial charge is 0.338 e. The Morgan fingerprint density at radius 1 is 1.40 bits per heavy atom. The molecule has 3 nitrogen and oxygen atoms in total. The van der Waals surface area contributed by atoms with Crippen LogP contribution in [0.2, 0.25) is 0 Å². The molecule has 1 aromatic carbocycles. The molecule has 0 heterocycles. The highest BCUT2D eigenvalue weighted by atomic mass is 16.5. The number of esters is 1. The molecular weight excluding hydrogens is 190 g/mol. The first-order valence-corrected chi connectivity index (χ1v) is 5.17. The zero-order valence-electron chi connectivity index (χ0n) is 9.25. The van der Waals surface area contributed by atoms with Crippen LogP contribution < -0.4 is 5.73 Å². The molecule has 0 radical (unpaired) electrons. The van der Waals surface area contributed by atoms with Gasteiger partial charge in [-0.25, -0.2) is 4.79 Å². The van der Waals surface area contributed by atoms with Crippen molar-refractivity contribution in [1.82, 2.24) is 0 Å². The Hall–Kier alpha value is -1.51. The van der Waals surface area contributed by atoms with E-state index < -0.39 is 0 Å². The Labute approximate surface area is 90.2 Å². The van der Waals surface area contributed by atoms with Gasteiger partial charge in [0.1, 0.15) is 0 Å². The summed E-state index contributed by atoms with van der Waals surface area (Å²) in [6, 6.07) is 5.24. The van der Waals surface area contributed by atoms with Crippen LogP contribution in [0.25, 0.3) is 0 Å². The van der Waals surface area contributed by atoms with Crippen molar-refractivity contribution in [3.63, 3.8) is 0 Å². The van der Waals surface area contributed by atoms with E-state index >= 15 is 0 Å². The number of nitrogen functional groups attached to an aromatic ring is 1. The number of nitrogens with two attached hydrogens (primary N) is 1. The van der Waals surface area contributed by atoms with E-state index in [2.05, 4.69) is 6.92 Å². The number of unbranched alkanes of at least 4 members (excludes halogenated alkanes) is 1. The molecule has 3 heteroatoms. The van der Waals surface area contributed by atoms with E-state index in [1.165, 1.54) is 0 Å². The third-order valence-electron chi connectivity index (χ3n) is 2.07. The fraction of sp³-hybridized carbons (Fsp3) is 0.417. The lowest BCUT2D eigenvalue weighted by molar-refractivity contribution is 0.0499. The van der Waals surface area contributed by atoms with Crippen LogP contribution in [0.1, 0.15) is 35.7 Å². The van der Waals surface area contributed by atoms with Crippen LogP contribution in [0.15, 0.2) is 18.2 Å². The number of rotatable bonds is 4. The molecule has 0 fully saturated rings. The molecule has 0 amide bonds. The van der Waals surface area contributed by atoms with Crippen molar-refractivity contribution >= 4 is 11.7 Å². The summed E-state index contributed by atoms with van der Waals surface area (Å²) in [6.07, 6.45) is 1.91. The van der Waals surface area contributed by atoms with E-state index in [4.69, 9.17) is 10.5 Å². The van der Waals surface area contributed by atoms with E-state index in [0.717, 1.165) is 18.4 Å². The van der Waals surface area contributed by atoms with Crippen molar-refractivity contribution in [3.05, 3.63) is 29.3 Å². The maximum Gasteiger partial charge on any atom is 0.338 e. The van der Waals surface area contributed by atoms with Crippen molar-refractivity contribution < 1.29 is 9.53 Å². The highest BCUT2D eigenvalue weighted by molar-refractivity contribution is 5.90. The Kier molecular flexibility index (Phi) is 4.16. The summed E-state index contributed by atoms with van der Waals surface area (Å²) < 4.78 is 5.08. The summed E-state index contributed by atoms with van der Waals surface area (Å²) in [5.74, 6) is -0.293. The van der Waals surface area contributed by atoms with Crippen LogP contribution in [-0.2, 0) is 4.74 Å². The van der Waals surface area contributed by atoms with Gasteiger partial charge in [-0.2, -0.15) is 0 Å². The van der Waals surface area contributed by atoms with Gasteiger partial charge in [-0.05, 0) is 37.1 Å². The van der Waals surface area contributed by atoms with Crippen LogP contribution in [0, 0.1) is 6.92 Å². The molecule has 1 aromatic rings. The van der Waals surface area contributed by atoms with Gasteiger partial charge in [0.2, 0.25) is 0 Å². The number of ether oxygens (including phenoxy) is 1. The molecule has 15 heavy (non-hydrogen) atoms. The van der Waals surface area contributed by atoms with Gasteiger partial charge < -0.3 is 10.5 Å². The molecule has 2 N–H and O–H groups in total. The quantitative estimate of drug-likeness (QED) is 0.469. The number of anilines is 1. The van der Waals surface area contributed by atoms with Crippen LogP contribution in [0.5, 0.6) is 0 Å². The fourth-order valence-electron chi connectivity index (χ4n) is 1.32. The van der Waals surface area contributed by atoms with Gasteiger partial charge >= 0.3 is 5.97 Å². The number of carbonyl (C=O) groups excluding carboxylic acids is 1. The largest absolute Gasteiger partial charge is 0.462 e. The van der Waals surface area contributed by atoms with Gasteiger partial charge in [0, 0.05) is 5.69 Å². The number of benzene rings is 1. The molecule has 0 aliphatic carbocycles. The minimum absolute atomic E-state index is 0.293. The number of hydrogen-bond donors (Lipinski definition) is 1. The molecule has 0 saturated heterocycles. The SMILES string of the molecule is CCCCOC(=O)c1cc(C)cc(N)c1. The van der Waals surface area contributed by atoms with Crippen molar-refractivity contribution in [3.8, 4) is 0 Å². The Morgan fingerprint density at radius 2 is 2.13 bits per heavy atom. The lowest BCUT2D eigenvalue weighted by atomic mass is 10.1. The van der Waals surface area contributed by atoms with Gasteiger partial charge in [-0.15, -0.1) is 0 Å². The third-order valence-corrected chi connectivity index (χ3v) is 2.07. The molecular formula is C12H17NO2. The highest BCUT2D eigenvalue weighted by Gasteiger charge is 2.07. The van der Waals surface area contributed by atoms with Crippen molar-refractivity contribution in [1.29, 1.82) is 0 Å². The first-order chi connectivity index (χ1) is 7.13. The lowest BCUT2D eigenvalue weighted by Gasteiger charge is -2.05. The normalized spacial score (nSPS) is 10.0. The monoisotopic (exact) mass is 207 g/mol. The zero-order valence-corrected chi connectivity index (χ0v) is 9.25. The Morgan fingerprint density at radius 3 is 2.73 bits per heavy atom. The molecule has 82 valence electrons. The minimum Gasteiger partial charge on any atom is -0.462 e. The molecule has 0 atom stereocenters. The topological polar surface area (TPSA) is 52.3 Å². The Balaban J connectivity index is 2.65. The molecule has 0 aliphatic heterocycles.